The van der Waals surface area contributed by atoms with Crippen molar-refractivity contribution in [2.45, 2.75) is 39.5 Å². The van der Waals surface area contributed by atoms with E-state index < -0.39 is 0 Å². The van der Waals surface area contributed by atoms with Crippen molar-refractivity contribution in [1.29, 1.82) is 0 Å². The Bertz CT molecular complexity index is 746. The summed E-state index contributed by atoms with van der Waals surface area (Å²) in [7, 11) is 0. The Labute approximate surface area is 178 Å². The van der Waals surface area contributed by atoms with Crippen LogP contribution in [-0.2, 0) is 4.79 Å². The summed E-state index contributed by atoms with van der Waals surface area (Å²) in [6.07, 6.45) is 4.05. The maximum absolute atomic E-state index is 12.6. The highest BCUT2D eigenvalue weighted by Crippen LogP contribution is 2.28. The first-order valence-corrected chi connectivity index (χ1v) is 10.9. The molecule has 4 N–H and O–H groups in total. The lowest BCUT2D eigenvalue weighted by atomic mass is 9.97. The van der Waals surface area contributed by atoms with Crippen LogP contribution in [0.15, 0.2) is 24.3 Å². The zero-order valence-corrected chi connectivity index (χ0v) is 17.9. The van der Waals surface area contributed by atoms with Crippen LogP contribution in [-0.4, -0.2) is 49.0 Å². The number of likely N-dealkylation sites (tertiary alicyclic amines) is 1. The van der Waals surface area contributed by atoms with E-state index in [4.69, 9.17) is 0 Å². The minimum absolute atomic E-state index is 0.0607. The second kappa shape index (κ2) is 10.3. The van der Waals surface area contributed by atoms with E-state index in [-0.39, 0.29) is 23.9 Å². The van der Waals surface area contributed by atoms with Gasteiger partial charge in [0.2, 0.25) is 5.91 Å². The molecule has 0 aromatic heterocycles. The summed E-state index contributed by atoms with van der Waals surface area (Å²) in [6, 6.07) is 6.54. The van der Waals surface area contributed by atoms with Crippen LogP contribution in [0.1, 0.15) is 39.5 Å². The molecular weight excluding hydrogens is 382 g/mol. The maximum atomic E-state index is 12.6. The van der Waals surface area contributed by atoms with E-state index in [2.05, 4.69) is 21.3 Å². The summed E-state index contributed by atoms with van der Waals surface area (Å²) in [4.78, 5) is 38.5. The molecule has 1 aliphatic heterocycles. The molecule has 0 radical (unpaired) electrons. The van der Waals surface area contributed by atoms with Gasteiger partial charge in [-0.1, -0.05) is 13.8 Å². The fourth-order valence-corrected chi connectivity index (χ4v) is 3.40. The Morgan fingerprint density at radius 1 is 1.00 bits per heavy atom. The Morgan fingerprint density at radius 2 is 1.67 bits per heavy atom. The van der Waals surface area contributed by atoms with E-state index in [1.54, 1.807) is 29.2 Å². The molecular formula is C22H33N5O3. The molecule has 2 fully saturated rings. The number of piperidine rings is 1. The van der Waals surface area contributed by atoms with Crippen molar-refractivity contribution >= 4 is 29.3 Å². The highest BCUT2D eigenvalue weighted by Gasteiger charge is 2.30. The molecule has 1 atom stereocenters. The molecule has 3 rings (SSSR count). The molecule has 164 valence electrons. The molecule has 1 heterocycles. The number of urea groups is 2. The van der Waals surface area contributed by atoms with Gasteiger partial charge < -0.3 is 26.2 Å². The SMILES string of the molecule is CC(C)CNC(=O)Nc1ccc(NC(=O)N2CCC[C@@H](C(=O)NCC3CC3)C2)cc1. The molecule has 0 unspecified atom stereocenters. The second-order valence-electron chi connectivity index (χ2n) is 8.71. The molecule has 2 aliphatic rings. The zero-order chi connectivity index (χ0) is 21.5. The van der Waals surface area contributed by atoms with Crippen molar-refractivity contribution in [3.8, 4) is 0 Å². The van der Waals surface area contributed by atoms with E-state index in [9.17, 15) is 14.4 Å². The molecule has 1 saturated heterocycles. The average Bonchev–Trinajstić information content (AvgIpc) is 3.56. The number of carbonyl (C=O) groups is 3. The maximum Gasteiger partial charge on any atom is 0.321 e. The van der Waals surface area contributed by atoms with Crippen molar-refractivity contribution in [3.05, 3.63) is 24.3 Å². The van der Waals surface area contributed by atoms with Crippen molar-refractivity contribution in [2.75, 3.05) is 36.8 Å². The minimum atomic E-state index is -0.250. The van der Waals surface area contributed by atoms with Gasteiger partial charge in [-0.15, -0.1) is 0 Å². The summed E-state index contributed by atoms with van der Waals surface area (Å²) in [6.45, 7) is 6.52. The highest BCUT2D eigenvalue weighted by atomic mass is 16.2. The third-order valence-electron chi connectivity index (χ3n) is 5.41. The number of amides is 5. The quantitative estimate of drug-likeness (QED) is 0.550. The van der Waals surface area contributed by atoms with Gasteiger partial charge in [-0.25, -0.2) is 9.59 Å². The molecule has 1 aliphatic carbocycles. The fourth-order valence-electron chi connectivity index (χ4n) is 3.40. The number of carbonyl (C=O) groups excluding carboxylic acids is 3. The number of anilines is 2. The summed E-state index contributed by atoms with van der Waals surface area (Å²) in [5, 5.41) is 11.5. The van der Waals surface area contributed by atoms with Gasteiger partial charge in [-0.05, 0) is 61.8 Å². The first-order valence-electron chi connectivity index (χ1n) is 10.9. The van der Waals surface area contributed by atoms with Crippen molar-refractivity contribution in [3.63, 3.8) is 0 Å². The number of rotatable bonds is 7. The van der Waals surface area contributed by atoms with Gasteiger partial charge >= 0.3 is 12.1 Å². The van der Waals surface area contributed by atoms with Gasteiger partial charge in [0.15, 0.2) is 0 Å². The molecule has 5 amide bonds. The predicted molar refractivity (Wildman–Crippen MR) is 117 cm³/mol. The van der Waals surface area contributed by atoms with E-state index in [1.165, 1.54) is 12.8 Å². The van der Waals surface area contributed by atoms with Crippen molar-refractivity contribution in [2.24, 2.45) is 17.8 Å². The Hall–Kier alpha value is -2.77. The molecule has 0 spiro atoms. The third-order valence-corrected chi connectivity index (χ3v) is 5.41. The summed E-state index contributed by atoms with van der Waals surface area (Å²) in [5.41, 5.74) is 1.30. The first-order chi connectivity index (χ1) is 14.4. The fraction of sp³-hybridized carbons (Fsp3) is 0.591. The van der Waals surface area contributed by atoms with Crippen LogP contribution in [0.2, 0.25) is 0 Å². The largest absolute Gasteiger partial charge is 0.356 e. The van der Waals surface area contributed by atoms with Crippen LogP contribution < -0.4 is 21.3 Å². The molecule has 0 bridgehead atoms. The van der Waals surface area contributed by atoms with Gasteiger partial charge in [-0.2, -0.15) is 0 Å². The highest BCUT2D eigenvalue weighted by molar-refractivity contribution is 5.92. The summed E-state index contributed by atoms with van der Waals surface area (Å²) in [5.74, 6) is 0.951. The normalized spacial score (nSPS) is 18.6. The lowest BCUT2D eigenvalue weighted by Crippen LogP contribution is -2.47. The first kappa shape index (κ1) is 21.9. The number of hydrogen-bond acceptors (Lipinski definition) is 3. The van der Waals surface area contributed by atoms with Crippen LogP contribution in [0.5, 0.6) is 0 Å². The molecule has 8 heteroatoms. The monoisotopic (exact) mass is 415 g/mol. The van der Waals surface area contributed by atoms with Gasteiger partial charge in [0.1, 0.15) is 0 Å². The summed E-state index contributed by atoms with van der Waals surface area (Å²) >= 11 is 0. The number of benzene rings is 1. The van der Waals surface area contributed by atoms with E-state index in [0.29, 0.717) is 42.8 Å². The molecule has 1 saturated carbocycles. The molecule has 30 heavy (non-hydrogen) atoms. The lowest BCUT2D eigenvalue weighted by molar-refractivity contribution is -0.126. The van der Waals surface area contributed by atoms with E-state index >= 15 is 0 Å². The molecule has 8 nitrogen and oxygen atoms in total. The van der Waals surface area contributed by atoms with Crippen molar-refractivity contribution in [1.82, 2.24) is 15.5 Å². The van der Waals surface area contributed by atoms with Gasteiger partial charge in [0.05, 0.1) is 5.92 Å². The number of nitrogens with zero attached hydrogens (tertiary/aromatic N) is 1. The van der Waals surface area contributed by atoms with Crippen LogP contribution in [0.25, 0.3) is 0 Å². The van der Waals surface area contributed by atoms with Gasteiger partial charge in [0, 0.05) is 37.6 Å². The Balaban J connectivity index is 1.45. The predicted octanol–water partition coefficient (Wildman–Crippen LogP) is 3.23. The lowest BCUT2D eigenvalue weighted by Gasteiger charge is -2.32. The third kappa shape index (κ3) is 6.93. The molecule has 1 aromatic carbocycles. The zero-order valence-electron chi connectivity index (χ0n) is 17.9. The van der Waals surface area contributed by atoms with Crippen LogP contribution in [0.3, 0.4) is 0 Å². The van der Waals surface area contributed by atoms with E-state index in [0.717, 1.165) is 19.4 Å². The number of hydrogen-bond donors (Lipinski definition) is 4. The average molecular weight is 416 g/mol. The van der Waals surface area contributed by atoms with Crippen molar-refractivity contribution < 1.29 is 14.4 Å². The van der Waals surface area contributed by atoms with Gasteiger partial charge in [-0.3, -0.25) is 4.79 Å². The van der Waals surface area contributed by atoms with Crippen LogP contribution >= 0.6 is 0 Å². The van der Waals surface area contributed by atoms with Gasteiger partial charge in [0.25, 0.3) is 0 Å². The molecule has 1 aromatic rings. The Morgan fingerprint density at radius 3 is 2.30 bits per heavy atom. The minimum Gasteiger partial charge on any atom is -0.356 e. The smallest absolute Gasteiger partial charge is 0.321 e. The second-order valence-corrected chi connectivity index (χ2v) is 8.71. The topological polar surface area (TPSA) is 103 Å². The summed E-state index contributed by atoms with van der Waals surface area (Å²) < 4.78 is 0. The number of nitrogens with one attached hydrogen (secondary N) is 4. The van der Waals surface area contributed by atoms with Crippen LogP contribution in [0.4, 0.5) is 21.0 Å². The van der Waals surface area contributed by atoms with Crippen LogP contribution in [0, 0.1) is 17.8 Å². The standard InChI is InChI=1S/C22H33N5O3/c1-15(2)12-24-21(29)25-18-7-9-19(10-8-18)26-22(30)27-11-3-4-17(14-27)20(28)23-13-16-5-6-16/h7-10,15-17H,3-6,11-14H2,1-2H3,(H,23,28)(H,26,30)(H2,24,25,29)/t17-/m1/s1. The Kier molecular flexibility index (Phi) is 7.54. The van der Waals surface area contributed by atoms with E-state index in [1.807, 2.05) is 13.8 Å².